The normalized spacial score (nSPS) is 11.1. The quantitative estimate of drug-likeness (QED) is 0.501. The molecule has 0 rings (SSSR count). The first kappa shape index (κ1) is 16.4. The van der Waals surface area contributed by atoms with E-state index in [1.54, 1.807) is 0 Å². The van der Waals surface area contributed by atoms with Gasteiger partial charge in [-0.2, -0.15) is 4.39 Å². The van der Waals surface area contributed by atoms with Crippen LogP contribution in [0.5, 0.6) is 0 Å². The van der Waals surface area contributed by atoms with E-state index in [4.69, 9.17) is 15.3 Å². The smallest absolute Gasteiger partial charge is 0.367 e. The van der Waals surface area contributed by atoms with Crippen LogP contribution in [-0.2, 0) is 14.4 Å². The molecular formula is C8H10F2O6. The van der Waals surface area contributed by atoms with E-state index in [2.05, 4.69) is 0 Å². The Morgan fingerprint density at radius 1 is 1.00 bits per heavy atom. The molecule has 0 heterocycles. The summed E-state index contributed by atoms with van der Waals surface area (Å²) in [6.45, 7) is 1.86. The average Bonchev–Trinajstić information content (AvgIpc) is 2.15. The Morgan fingerprint density at radius 2 is 1.31 bits per heavy atom. The van der Waals surface area contributed by atoms with Crippen LogP contribution >= 0.6 is 0 Å². The first-order valence-corrected chi connectivity index (χ1v) is 3.82. The van der Waals surface area contributed by atoms with Crippen LogP contribution in [0.4, 0.5) is 8.78 Å². The van der Waals surface area contributed by atoms with Crippen LogP contribution in [0.15, 0.2) is 11.7 Å². The molecule has 0 aromatic rings. The maximum absolute atomic E-state index is 11.6. The summed E-state index contributed by atoms with van der Waals surface area (Å²) in [5, 5.41) is 23.6. The van der Waals surface area contributed by atoms with Crippen molar-refractivity contribution in [1.82, 2.24) is 0 Å². The van der Waals surface area contributed by atoms with Crippen molar-refractivity contribution in [3.05, 3.63) is 11.7 Å². The van der Waals surface area contributed by atoms with Crippen LogP contribution < -0.4 is 0 Å². The van der Waals surface area contributed by atoms with Crippen molar-refractivity contribution in [2.24, 2.45) is 5.92 Å². The summed E-state index contributed by atoms with van der Waals surface area (Å²) in [6.07, 6.45) is 0. The van der Waals surface area contributed by atoms with Crippen molar-refractivity contribution in [2.45, 2.75) is 13.8 Å². The van der Waals surface area contributed by atoms with Crippen molar-refractivity contribution in [1.29, 1.82) is 0 Å². The summed E-state index contributed by atoms with van der Waals surface area (Å²) in [6, 6.07) is 0. The molecule has 16 heavy (non-hydrogen) atoms. The molecule has 8 heteroatoms. The molecule has 0 aromatic heterocycles. The van der Waals surface area contributed by atoms with Gasteiger partial charge in [-0.15, -0.1) is 0 Å². The molecule has 0 aliphatic heterocycles. The van der Waals surface area contributed by atoms with E-state index < -0.39 is 35.5 Å². The number of carbonyl (C=O) groups is 3. The van der Waals surface area contributed by atoms with E-state index in [-0.39, 0.29) is 0 Å². The zero-order chi connectivity index (χ0) is 13.5. The molecule has 0 aliphatic rings. The van der Waals surface area contributed by atoms with Gasteiger partial charge in [0.15, 0.2) is 5.92 Å². The molecule has 6 nitrogen and oxygen atoms in total. The van der Waals surface area contributed by atoms with E-state index in [0.29, 0.717) is 0 Å². The van der Waals surface area contributed by atoms with Gasteiger partial charge in [-0.3, -0.25) is 9.59 Å². The molecule has 92 valence electrons. The lowest BCUT2D eigenvalue weighted by Crippen LogP contribution is -2.19. The van der Waals surface area contributed by atoms with Crippen LogP contribution in [0.25, 0.3) is 0 Å². The van der Waals surface area contributed by atoms with Gasteiger partial charge in [-0.05, 0) is 13.8 Å². The van der Waals surface area contributed by atoms with Crippen LogP contribution in [-0.4, -0.2) is 33.2 Å². The second-order valence-electron chi connectivity index (χ2n) is 2.55. The van der Waals surface area contributed by atoms with Gasteiger partial charge < -0.3 is 15.3 Å². The lowest BCUT2D eigenvalue weighted by Gasteiger charge is -1.94. The highest BCUT2D eigenvalue weighted by Crippen LogP contribution is 2.05. The van der Waals surface area contributed by atoms with Crippen molar-refractivity contribution in [3.8, 4) is 0 Å². The van der Waals surface area contributed by atoms with Gasteiger partial charge >= 0.3 is 17.9 Å². The molecule has 0 unspecified atom stereocenters. The lowest BCUT2D eigenvalue weighted by atomic mass is 10.2. The Labute approximate surface area is 88.8 Å². The van der Waals surface area contributed by atoms with Gasteiger partial charge in [0, 0.05) is 0 Å². The highest BCUT2D eigenvalue weighted by molar-refractivity contribution is 5.92. The average molecular weight is 240 g/mol. The fourth-order valence-corrected chi connectivity index (χ4v) is 0.253. The Bertz CT molecular complexity index is 304. The van der Waals surface area contributed by atoms with E-state index in [0.717, 1.165) is 13.8 Å². The number of hydrogen-bond acceptors (Lipinski definition) is 3. The summed E-state index contributed by atoms with van der Waals surface area (Å²) in [7, 11) is 0. The Hall–Kier alpha value is -1.99. The summed E-state index contributed by atoms with van der Waals surface area (Å²) < 4.78 is 23.0. The minimum Gasteiger partial charge on any atom is -0.481 e. The molecule has 0 radical (unpaired) electrons. The molecular weight excluding hydrogens is 230 g/mol. The molecule has 0 saturated heterocycles. The van der Waals surface area contributed by atoms with Crippen molar-refractivity contribution in [3.63, 3.8) is 0 Å². The topological polar surface area (TPSA) is 112 Å². The first-order chi connectivity index (χ1) is 7.11. The third-order valence-corrected chi connectivity index (χ3v) is 1.23. The fourth-order valence-electron chi connectivity index (χ4n) is 0.253. The van der Waals surface area contributed by atoms with Crippen molar-refractivity contribution >= 4 is 17.9 Å². The van der Waals surface area contributed by atoms with Gasteiger partial charge in [-0.25, -0.2) is 9.18 Å². The van der Waals surface area contributed by atoms with Crippen molar-refractivity contribution < 1.29 is 38.5 Å². The van der Waals surface area contributed by atoms with E-state index in [9.17, 15) is 23.2 Å². The Kier molecular flexibility index (Phi) is 7.52. The number of aliphatic carboxylic acids is 3. The number of carboxylic acids is 3. The second-order valence-corrected chi connectivity index (χ2v) is 2.55. The summed E-state index contributed by atoms with van der Waals surface area (Å²) in [4.78, 5) is 29.0. The van der Waals surface area contributed by atoms with Crippen LogP contribution in [0.2, 0.25) is 0 Å². The predicted molar refractivity (Wildman–Crippen MR) is 47.0 cm³/mol. The number of rotatable bonds is 3. The summed E-state index contributed by atoms with van der Waals surface area (Å²) in [5.74, 6) is -8.82. The van der Waals surface area contributed by atoms with Crippen LogP contribution in [0.1, 0.15) is 13.8 Å². The largest absolute Gasteiger partial charge is 0.481 e. The monoisotopic (exact) mass is 240 g/mol. The minimum absolute atomic E-state index is 0.740. The molecule has 0 aliphatic carbocycles. The highest BCUT2D eigenvalue weighted by atomic mass is 19.2. The Morgan fingerprint density at radius 3 is 1.31 bits per heavy atom. The van der Waals surface area contributed by atoms with Gasteiger partial charge in [0.25, 0.3) is 0 Å². The number of carboxylic acid groups (broad SMARTS) is 3. The maximum atomic E-state index is 11.6. The van der Waals surface area contributed by atoms with Crippen molar-refractivity contribution in [2.75, 3.05) is 0 Å². The SMILES string of the molecule is C/C(F)=C(\F)C(=O)O.CC(C(=O)O)C(=O)O. The van der Waals surface area contributed by atoms with Gasteiger partial charge in [0.05, 0.1) is 0 Å². The fraction of sp³-hybridized carbons (Fsp3) is 0.375. The molecule has 0 aromatic carbocycles. The van der Waals surface area contributed by atoms with Gasteiger partial charge in [0.2, 0.25) is 5.83 Å². The van der Waals surface area contributed by atoms with Gasteiger partial charge in [-0.1, -0.05) is 0 Å². The second kappa shape index (κ2) is 7.32. The number of halogens is 2. The maximum Gasteiger partial charge on any atom is 0.367 e. The molecule has 3 N–H and O–H groups in total. The van der Waals surface area contributed by atoms with Crippen LogP contribution in [0.3, 0.4) is 0 Å². The molecule has 0 saturated carbocycles. The number of allylic oxidation sites excluding steroid dienone is 1. The first-order valence-electron chi connectivity index (χ1n) is 3.82. The molecule has 0 amide bonds. The molecule has 0 atom stereocenters. The van der Waals surface area contributed by atoms with Gasteiger partial charge in [0.1, 0.15) is 5.83 Å². The third-order valence-electron chi connectivity index (χ3n) is 1.23. The summed E-state index contributed by atoms with van der Waals surface area (Å²) >= 11 is 0. The molecule has 0 bridgehead atoms. The number of hydrogen-bond donors (Lipinski definition) is 3. The third kappa shape index (κ3) is 7.42. The highest BCUT2D eigenvalue weighted by Gasteiger charge is 2.18. The summed E-state index contributed by atoms with van der Waals surface area (Å²) in [5.41, 5.74) is 0. The van der Waals surface area contributed by atoms with Crippen LogP contribution in [0, 0.1) is 5.92 Å². The Balaban J connectivity index is 0. The van der Waals surface area contributed by atoms with E-state index in [1.165, 1.54) is 0 Å². The standard InChI is InChI=1S/C4H4F2O2.C4H6O4/c1-2(5)3(6)4(7)8;1-2(3(5)6)4(7)8/h1H3,(H,7,8);2H,1H3,(H,5,6)(H,7,8)/b3-2+;. The zero-order valence-electron chi connectivity index (χ0n) is 8.40. The van der Waals surface area contributed by atoms with E-state index in [1.807, 2.05) is 0 Å². The predicted octanol–water partition coefficient (Wildman–Crippen LogP) is 1.03. The molecule has 0 fully saturated rings. The molecule has 0 spiro atoms. The van der Waals surface area contributed by atoms with E-state index >= 15 is 0 Å². The zero-order valence-corrected chi connectivity index (χ0v) is 8.40. The lowest BCUT2D eigenvalue weighted by molar-refractivity contribution is -0.153. The minimum atomic E-state index is -1.87.